The number of rotatable bonds is 10. The number of hydrogen-bond donors (Lipinski definition) is 2. The van der Waals surface area contributed by atoms with E-state index in [9.17, 15) is 14.0 Å². The van der Waals surface area contributed by atoms with Gasteiger partial charge in [-0.25, -0.2) is 4.39 Å². The van der Waals surface area contributed by atoms with Crippen LogP contribution in [0.15, 0.2) is 66.9 Å². The smallest absolute Gasteiger partial charge is 0.251 e. The third-order valence-electron chi connectivity index (χ3n) is 7.96. The van der Waals surface area contributed by atoms with E-state index in [0.29, 0.717) is 50.2 Å². The summed E-state index contributed by atoms with van der Waals surface area (Å²) in [5.74, 6) is -0.129. The topological polar surface area (TPSA) is 96.5 Å². The summed E-state index contributed by atoms with van der Waals surface area (Å²) in [5, 5.41) is 14.6. The van der Waals surface area contributed by atoms with Gasteiger partial charge in [0.25, 0.3) is 5.91 Å². The maximum Gasteiger partial charge on any atom is 0.251 e. The first-order valence-corrected chi connectivity index (χ1v) is 13.5. The third kappa shape index (κ3) is 5.69. The lowest BCUT2D eigenvalue weighted by Gasteiger charge is -2.55. The number of carbonyl (C=O) groups is 2. The maximum absolute atomic E-state index is 13.4. The number of carbonyl (C=O) groups excluding carboxylic acids is 2. The number of ether oxygens (including phenoxy) is 1. The highest BCUT2D eigenvalue weighted by Crippen LogP contribution is 2.41. The van der Waals surface area contributed by atoms with Crippen molar-refractivity contribution in [3.63, 3.8) is 0 Å². The molecule has 0 unspecified atom stereocenters. The second kappa shape index (κ2) is 10.8. The Morgan fingerprint density at radius 3 is 2.51 bits per heavy atom. The molecular formula is C30H32FN5O3. The molecule has 3 aromatic rings. The van der Waals surface area contributed by atoms with E-state index in [4.69, 9.17) is 4.74 Å². The number of nitrogens with one attached hydrogen (secondary N) is 2. The third-order valence-corrected chi connectivity index (χ3v) is 7.96. The van der Waals surface area contributed by atoms with Crippen LogP contribution in [0.3, 0.4) is 0 Å². The number of hydrogen-bond acceptors (Lipinski definition) is 6. The van der Waals surface area contributed by atoms with Gasteiger partial charge in [0.2, 0.25) is 5.91 Å². The van der Waals surface area contributed by atoms with E-state index in [1.807, 2.05) is 41.3 Å². The molecule has 2 N–H and O–H groups in total. The molecule has 0 bridgehead atoms. The standard InChI is InChI=1S/C30H32FN5O3/c31-23-11-9-20(10-12-23)24-15-27(24)32-13-1-4-26(29(38)36-16-30(17-36)18-39-19-30)34-28(37)22-7-5-21(6-8-22)25-3-2-14-33-35-25/h2-3,5-12,14,24,26-27,32H,1,4,13,15-19H2,(H,34,37)/t24-,26-,27+/m0/s1. The molecule has 2 aromatic carbocycles. The van der Waals surface area contributed by atoms with Crippen LogP contribution in [0, 0.1) is 11.2 Å². The molecule has 1 saturated carbocycles. The fraction of sp³-hybridized carbons (Fsp3) is 0.400. The van der Waals surface area contributed by atoms with Gasteiger partial charge in [-0.1, -0.05) is 24.3 Å². The molecule has 1 aliphatic carbocycles. The quantitative estimate of drug-likeness (QED) is 0.392. The monoisotopic (exact) mass is 529 g/mol. The van der Waals surface area contributed by atoms with E-state index < -0.39 is 6.04 Å². The number of benzene rings is 2. The van der Waals surface area contributed by atoms with Gasteiger partial charge in [0, 0.05) is 42.4 Å². The second-order valence-corrected chi connectivity index (χ2v) is 11.0. The van der Waals surface area contributed by atoms with Gasteiger partial charge in [0.1, 0.15) is 11.9 Å². The molecule has 3 heterocycles. The van der Waals surface area contributed by atoms with E-state index in [0.717, 1.165) is 36.2 Å². The second-order valence-electron chi connectivity index (χ2n) is 11.0. The van der Waals surface area contributed by atoms with Gasteiger partial charge in [-0.3, -0.25) is 9.59 Å². The molecule has 1 spiro atoms. The first kappa shape index (κ1) is 25.6. The number of likely N-dealkylation sites (tertiary alicyclic amines) is 1. The van der Waals surface area contributed by atoms with Crippen molar-refractivity contribution in [1.29, 1.82) is 0 Å². The fourth-order valence-corrected chi connectivity index (χ4v) is 5.55. The fourth-order valence-electron chi connectivity index (χ4n) is 5.55. The minimum absolute atomic E-state index is 0.0346. The molecule has 6 rings (SSSR count). The molecule has 3 fully saturated rings. The number of aromatic nitrogens is 2. The van der Waals surface area contributed by atoms with Crippen molar-refractivity contribution in [1.82, 2.24) is 25.7 Å². The Labute approximate surface area is 227 Å². The van der Waals surface area contributed by atoms with Gasteiger partial charge in [-0.05, 0) is 67.8 Å². The van der Waals surface area contributed by atoms with Crippen LogP contribution in [0.5, 0.6) is 0 Å². The lowest BCUT2D eigenvalue weighted by atomic mass is 9.77. The summed E-state index contributed by atoms with van der Waals surface area (Å²) >= 11 is 0. The van der Waals surface area contributed by atoms with E-state index in [1.54, 1.807) is 18.3 Å². The number of amides is 2. The Morgan fingerprint density at radius 1 is 1.08 bits per heavy atom. The average Bonchev–Trinajstić information content (AvgIpc) is 3.69. The van der Waals surface area contributed by atoms with Crippen LogP contribution in [0.4, 0.5) is 4.39 Å². The highest BCUT2D eigenvalue weighted by Gasteiger charge is 2.51. The average molecular weight is 530 g/mol. The van der Waals surface area contributed by atoms with Crippen LogP contribution in [-0.4, -0.2) is 71.8 Å². The predicted molar refractivity (Wildman–Crippen MR) is 143 cm³/mol. The normalized spacial score (nSPS) is 21.5. The molecule has 202 valence electrons. The summed E-state index contributed by atoms with van der Waals surface area (Å²) in [5.41, 5.74) is 3.35. The molecule has 2 amide bonds. The lowest BCUT2D eigenvalue weighted by molar-refractivity contribution is -0.196. The number of halogens is 1. The van der Waals surface area contributed by atoms with E-state index in [1.165, 1.54) is 12.1 Å². The van der Waals surface area contributed by atoms with Gasteiger partial charge in [0.05, 0.1) is 24.3 Å². The molecule has 9 heteroatoms. The largest absolute Gasteiger partial charge is 0.380 e. The Morgan fingerprint density at radius 2 is 1.85 bits per heavy atom. The van der Waals surface area contributed by atoms with Gasteiger partial charge < -0.3 is 20.3 Å². The van der Waals surface area contributed by atoms with Crippen molar-refractivity contribution in [3.8, 4) is 11.3 Å². The molecule has 2 saturated heterocycles. The zero-order valence-electron chi connectivity index (χ0n) is 21.7. The van der Waals surface area contributed by atoms with Crippen molar-refractivity contribution in [3.05, 3.63) is 83.8 Å². The van der Waals surface area contributed by atoms with Crippen molar-refractivity contribution < 1.29 is 18.7 Å². The van der Waals surface area contributed by atoms with Crippen LogP contribution in [0.25, 0.3) is 11.3 Å². The molecule has 2 aliphatic heterocycles. The molecule has 3 aliphatic rings. The van der Waals surface area contributed by atoms with Crippen LogP contribution < -0.4 is 10.6 Å². The van der Waals surface area contributed by atoms with E-state index in [-0.39, 0.29) is 23.0 Å². The predicted octanol–water partition coefficient (Wildman–Crippen LogP) is 3.17. The minimum Gasteiger partial charge on any atom is -0.380 e. The molecule has 0 radical (unpaired) electrons. The molecular weight excluding hydrogens is 497 g/mol. The number of nitrogens with zero attached hydrogens (tertiary/aromatic N) is 3. The first-order valence-electron chi connectivity index (χ1n) is 13.5. The van der Waals surface area contributed by atoms with Crippen LogP contribution in [0.2, 0.25) is 0 Å². The molecule has 1 aromatic heterocycles. The zero-order chi connectivity index (χ0) is 26.8. The maximum atomic E-state index is 13.4. The van der Waals surface area contributed by atoms with E-state index >= 15 is 0 Å². The van der Waals surface area contributed by atoms with Crippen LogP contribution in [0.1, 0.15) is 41.1 Å². The van der Waals surface area contributed by atoms with Crippen LogP contribution in [-0.2, 0) is 9.53 Å². The van der Waals surface area contributed by atoms with Crippen LogP contribution >= 0.6 is 0 Å². The van der Waals surface area contributed by atoms with Gasteiger partial charge in [-0.15, -0.1) is 0 Å². The van der Waals surface area contributed by atoms with Crippen molar-refractivity contribution in [2.24, 2.45) is 5.41 Å². The Kier molecular flexibility index (Phi) is 7.10. The lowest BCUT2D eigenvalue weighted by Crippen LogP contribution is -2.69. The molecule has 3 atom stereocenters. The summed E-state index contributed by atoms with van der Waals surface area (Å²) in [4.78, 5) is 28.3. The SMILES string of the molecule is O=C(N[C@@H](CCCN[C@@H]1C[C@H]1c1ccc(F)cc1)C(=O)N1CC2(COC2)C1)c1ccc(-c2cccnn2)cc1. The van der Waals surface area contributed by atoms with Gasteiger partial charge >= 0.3 is 0 Å². The molecule has 8 nitrogen and oxygen atoms in total. The summed E-state index contributed by atoms with van der Waals surface area (Å²) < 4.78 is 18.6. The first-order chi connectivity index (χ1) is 19.0. The van der Waals surface area contributed by atoms with Crippen molar-refractivity contribution >= 4 is 11.8 Å². The summed E-state index contributed by atoms with van der Waals surface area (Å²) in [6.45, 7) is 3.51. The minimum atomic E-state index is -0.593. The summed E-state index contributed by atoms with van der Waals surface area (Å²) in [7, 11) is 0. The van der Waals surface area contributed by atoms with Gasteiger partial charge in [0.15, 0.2) is 0 Å². The summed E-state index contributed by atoms with van der Waals surface area (Å²) in [6, 6.07) is 17.3. The Bertz CT molecular complexity index is 1310. The van der Waals surface area contributed by atoms with E-state index in [2.05, 4.69) is 20.8 Å². The van der Waals surface area contributed by atoms with Gasteiger partial charge in [-0.2, -0.15) is 10.2 Å². The Balaban J connectivity index is 1.04. The molecule has 39 heavy (non-hydrogen) atoms. The zero-order valence-corrected chi connectivity index (χ0v) is 21.7. The Hall–Kier alpha value is -3.69. The summed E-state index contributed by atoms with van der Waals surface area (Å²) in [6.07, 6.45) is 3.93. The highest BCUT2D eigenvalue weighted by atomic mass is 19.1. The van der Waals surface area contributed by atoms with Crippen molar-refractivity contribution in [2.75, 3.05) is 32.8 Å². The van der Waals surface area contributed by atoms with Crippen molar-refractivity contribution in [2.45, 2.75) is 37.3 Å². The highest BCUT2D eigenvalue weighted by molar-refractivity contribution is 5.98.